The van der Waals surface area contributed by atoms with Gasteiger partial charge >= 0.3 is 0 Å². The number of thiocarbonyl (C=S) groups is 1. The highest BCUT2D eigenvalue weighted by atomic mass is 32.1. The number of anilines is 1. The number of hydrogen-bond acceptors (Lipinski definition) is 3. The fraction of sp³-hybridized carbons (Fsp3) is 0.364. The van der Waals surface area contributed by atoms with Gasteiger partial charge in [-0.25, -0.2) is 0 Å². The Bertz CT molecular complexity index is 328. The average molecular weight is 224 g/mol. The van der Waals surface area contributed by atoms with Crippen LogP contribution in [-0.2, 0) is 0 Å². The average Bonchev–Trinajstić information content (AvgIpc) is 2.20. The number of nitrogens with two attached hydrogens (primary N) is 1. The number of hydrogen-bond donors (Lipinski definition) is 2. The van der Waals surface area contributed by atoms with Crippen molar-refractivity contribution in [2.75, 3.05) is 18.5 Å². The second-order valence-electron chi connectivity index (χ2n) is 3.07. The molecule has 4 heteroatoms. The number of rotatable bonds is 6. The predicted octanol–water partition coefficient (Wildman–Crippen LogP) is 2.17. The third kappa shape index (κ3) is 4.16. The SMILES string of the molecule is CCOc1ccccc1NCCC(N)=S. The maximum absolute atomic E-state index is 5.47. The van der Waals surface area contributed by atoms with Crippen molar-refractivity contribution in [3.05, 3.63) is 24.3 Å². The molecule has 0 spiro atoms. The third-order valence-electron chi connectivity index (χ3n) is 1.87. The van der Waals surface area contributed by atoms with Crippen LogP contribution in [0.3, 0.4) is 0 Å². The topological polar surface area (TPSA) is 47.3 Å². The molecule has 0 aliphatic heterocycles. The smallest absolute Gasteiger partial charge is 0.142 e. The molecule has 0 aromatic heterocycles. The number of ether oxygens (including phenoxy) is 1. The van der Waals surface area contributed by atoms with Crippen LogP contribution < -0.4 is 15.8 Å². The van der Waals surface area contributed by atoms with E-state index in [1.165, 1.54) is 0 Å². The summed E-state index contributed by atoms with van der Waals surface area (Å²) in [6.45, 7) is 3.36. The Hall–Kier alpha value is -1.29. The van der Waals surface area contributed by atoms with Crippen LogP contribution in [0.1, 0.15) is 13.3 Å². The molecule has 3 nitrogen and oxygen atoms in total. The molecule has 0 radical (unpaired) electrons. The molecule has 1 aromatic carbocycles. The molecule has 0 saturated carbocycles. The highest BCUT2D eigenvalue weighted by Gasteiger charge is 2.00. The maximum atomic E-state index is 5.47. The minimum absolute atomic E-state index is 0.524. The highest BCUT2D eigenvalue weighted by molar-refractivity contribution is 7.80. The molecular formula is C11H16N2OS. The molecule has 1 aromatic rings. The van der Waals surface area contributed by atoms with E-state index in [4.69, 9.17) is 22.7 Å². The van der Waals surface area contributed by atoms with E-state index in [2.05, 4.69) is 5.32 Å². The van der Waals surface area contributed by atoms with Gasteiger partial charge in [-0.05, 0) is 19.1 Å². The Morgan fingerprint density at radius 2 is 2.20 bits per heavy atom. The van der Waals surface area contributed by atoms with Gasteiger partial charge in [-0.2, -0.15) is 0 Å². The minimum atomic E-state index is 0.524. The van der Waals surface area contributed by atoms with Crippen LogP contribution >= 0.6 is 12.2 Å². The number of nitrogens with one attached hydrogen (secondary N) is 1. The molecule has 15 heavy (non-hydrogen) atoms. The van der Waals surface area contributed by atoms with Crippen LogP contribution in [-0.4, -0.2) is 18.1 Å². The Balaban J connectivity index is 2.55. The highest BCUT2D eigenvalue weighted by Crippen LogP contribution is 2.23. The van der Waals surface area contributed by atoms with Crippen LogP contribution in [0.5, 0.6) is 5.75 Å². The molecular weight excluding hydrogens is 208 g/mol. The van der Waals surface area contributed by atoms with Crippen molar-refractivity contribution >= 4 is 22.9 Å². The van der Waals surface area contributed by atoms with Gasteiger partial charge < -0.3 is 15.8 Å². The Kier molecular flexibility index (Phi) is 4.90. The van der Waals surface area contributed by atoms with E-state index in [0.717, 1.165) is 18.0 Å². The molecule has 0 fully saturated rings. The maximum Gasteiger partial charge on any atom is 0.142 e. The van der Waals surface area contributed by atoms with Gasteiger partial charge in [-0.15, -0.1) is 0 Å². The lowest BCUT2D eigenvalue weighted by Crippen LogP contribution is -2.14. The number of para-hydroxylation sites is 2. The largest absolute Gasteiger partial charge is 0.492 e. The first kappa shape index (κ1) is 11.8. The van der Waals surface area contributed by atoms with Gasteiger partial charge in [0.1, 0.15) is 5.75 Å². The van der Waals surface area contributed by atoms with Gasteiger partial charge in [-0.1, -0.05) is 24.4 Å². The molecule has 0 heterocycles. The summed E-state index contributed by atoms with van der Waals surface area (Å²) in [6.07, 6.45) is 0.690. The zero-order chi connectivity index (χ0) is 11.1. The minimum Gasteiger partial charge on any atom is -0.492 e. The van der Waals surface area contributed by atoms with E-state index < -0.39 is 0 Å². The Labute approximate surface area is 95.6 Å². The zero-order valence-corrected chi connectivity index (χ0v) is 9.64. The van der Waals surface area contributed by atoms with Crippen LogP contribution in [0.4, 0.5) is 5.69 Å². The lowest BCUT2D eigenvalue weighted by Gasteiger charge is -2.11. The van der Waals surface area contributed by atoms with Gasteiger partial charge in [0.15, 0.2) is 0 Å². The summed E-state index contributed by atoms with van der Waals surface area (Å²) >= 11 is 4.80. The Morgan fingerprint density at radius 1 is 1.47 bits per heavy atom. The lowest BCUT2D eigenvalue weighted by molar-refractivity contribution is 0.342. The molecule has 0 aliphatic carbocycles. The molecule has 82 valence electrons. The third-order valence-corrected chi connectivity index (χ3v) is 2.08. The first-order valence-electron chi connectivity index (χ1n) is 4.98. The van der Waals surface area contributed by atoms with E-state index in [-0.39, 0.29) is 0 Å². The van der Waals surface area contributed by atoms with Crippen LogP contribution in [0, 0.1) is 0 Å². The van der Waals surface area contributed by atoms with Crippen molar-refractivity contribution in [3.8, 4) is 5.75 Å². The van der Waals surface area contributed by atoms with Crippen molar-refractivity contribution in [1.29, 1.82) is 0 Å². The van der Waals surface area contributed by atoms with E-state index in [1.54, 1.807) is 0 Å². The van der Waals surface area contributed by atoms with Crippen molar-refractivity contribution in [3.63, 3.8) is 0 Å². The van der Waals surface area contributed by atoms with E-state index in [0.29, 0.717) is 18.0 Å². The van der Waals surface area contributed by atoms with E-state index in [1.807, 2.05) is 31.2 Å². The molecule has 3 N–H and O–H groups in total. The second-order valence-corrected chi connectivity index (χ2v) is 3.60. The monoisotopic (exact) mass is 224 g/mol. The summed E-state index contributed by atoms with van der Waals surface area (Å²) in [7, 11) is 0. The van der Waals surface area contributed by atoms with Gasteiger partial charge in [0.05, 0.1) is 17.3 Å². The second kappa shape index (κ2) is 6.24. The quantitative estimate of drug-likeness (QED) is 0.727. The van der Waals surface area contributed by atoms with Gasteiger partial charge in [0.25, 0.3) is 0 Å². The summed E-state index contributed by atoms with van der Waals surface area (Å²) in [6, 6.07) is 7.83. The first-order chi connectivity index (χ1) is 7.24. The molecule has 0 atom stereocenters. The lowest BCUT2D eigenvalue weighted by atomic mass is 10.3. The zero-order valence-electron chi connectivity index (χ0n) is 8.82. The summed E-state index contributed by atoms with van der Waals surface area (Å²) in [5.41, 5.74) is 6.40. The van der Waals surface area contributed by atoms with Crippen LogP contribution in [0.2, 0.25) is 0 Å². The fourth-order valence-corrected chi connectivity index (χ4v) is 1.32. The summed E-state index contributed by atoms with van der Waals surface area (Å²) < 4.78 is 5.47. The van der Waals surface area contributed by atoms with E-state index in [9.17, 15) is 0 Å². The molecule has 0 amide bonds. The fourth-order valence-electron chi connectivity index (χ4n) is 1.21. The molecule has 0 aliphatic rings. The standard InChI is InChI=1S/C11H16N2OS/c1-2-14-10-6-4-3-5-9(10)13-8-7-11(12)15/h3-6,13H,2,7-8H2,1H3,(H2,12,15). The summed E-state index contributed by atoms with van der Waals surface area (Å²) in [5.74, 6) is 0.864. The van der Waals surface area contributed by atoms with Crippen molar-refractivity contribution < 1.29 is 4.74 Å². The van der Waals surface area contributed by atoms with Gasteiger partial charge in [0, 0.05) is 13.0 Å². The number of benzene rings is 1. The van der Waals surface area contributed by atoms with E-state index >= 15 is 0 Å². The van der Waals surface area contributed by atoms with Crippen molar-refractivity contribution in [2.45, 2.75) is 13.3 Å². The normalized spacial score (nSPS) is 9.67. The molecule has 0 unspecified atom stereocenters. The van der Waals surface area contributed by atoms with Gasteiger partial charge in [-0.3, -0.25) is 0 Å². The van der Waals surface area contributed by atoms with Crippen molar-refractivity contribution in [2.24, 2.45) is 5.73 Å². The summed E-state index contributed by atoms with van der Waals surface area (Å²) in [4.78, 5) is 0.524. The Morgan fingerprint density at radius 3 is 2.87 bits per heavy atom. The van der Waals surface area contributed by atoms with Gasteiger partial charge in [0.2, 0.25) is 0 Å². The molecule has 1 rings (SSSR count). The molecule has 0 saturated heterocycles. The van der Waals surface area contributed by atoms with Crippen LogP contribution in [0.25, 0.3) is 0 Å². The molecule has 0 bridgehead atoms. The first-order valence-corrected chi connectivity index (χ1v) is 5.39. The predicted molar refractivity (Wildman–Crippen MR) is 67.5 cm³/mol. The van der Waals surface area contributed by atoms with Crippen molar-refractivity contribution in [1.82, 2.24) is 0 Å². The summed E-state index contributed by atoms with van der Waals surface area (Å²) in [5, 5.41) is 3.24. The van der Waals surface area contributed by atoms with Crippen LogP contribution in [0.15, 0.2) is 24.3 Å².